The number of nitrogens with one attached hydrogen (secondary N) is 2. The Kier molecular flexibility index (Phi) is 43.5. The van der Waals surface area contributed by atoms with Crippen molar-refractivity contribution in [2.45, 2.75) is 133 Å². The summed E-state index contributed by atoms with van der Waals surface area (Å²) in [6.07, 6.45) is 10.5. The first kappa shape index (κ1) is 70.8. The van der Waals surface area contributed by atoms with Gasteiger partial charge in [0.2, 0.25) is 9.84 Å². The van der Waals surface area contributed by atoms with E-state index in [1.165, 1.54) is 89.1 Å². The maximum absolute atomic E-state index is 12.2. The topological polar surface area (TPSA) is 293 Å². The smallest absolute Gasteiger partial charge is 0.206 e. The molecule has 2 aliphatic rings. The molecule has 19 heteroatoms. The van der Waals surface area contributed by atoms with Crippen LogP contribution in [-0.2, 0) is 40.1 Å². The zero-order chi connectivity index (χ0) is 56.1. The van der Waals surface area contributed by atoms with E-state index in [1.807, 2.05) is 52.8 Å². The van der Waals surface area contributed by atoms with Gasteiger partial charge in [-0.2, -0.15) is 0 Å². The number of nitrogen functional groups attached to an aromatic ring is 1. The van der Waals surface area contributed by atoms with Gasteiger partial charge in [0.15, 0.2) is 0 Å². The molecule has 4 atom stereocenters. The number of sulfone groups is 1. The van der Waals surface area contributed by atoms with E-state index in [4.69, 9.17) is 63.8 Å². The molecule has 5 rings (SSSR count). The highest BCUT2D eigenvalue weighted by Gasteiger charge is 2.18. The molecule has 1 saturated carbocycles. The molecule has 76 heavy (non-hydrogen) atoms. The second-order valence-electron chi connectivity index (χ2n) is 19.5. The van der Waals surface area contributed by atoms with E-state index in [0.29, 0.717) is 69.9 Å². The van der Waals surface area contributed by atoms with Crippen LogP contribution in [0.2, 0.25) is 0 Å². The summed E-state index contributed by atoms with van der Waals surface area (Å²) in [6, 6.07) is 24.1. The molecule has 18 nitrogen and oxygen atoms in total. The number of rotatable bonds is 32. The molecule has 0 spiro atoms. The van der Waals surface area contributed by atoms with E-state index in [9.17, 15) is 8.42 Å². The number of aryl methyl sites for hydroxylation is 1. The summed E-state index contributed by atoms with van der Waals surface area (Å²) >= 11 is 0. The lowest BCUT2D eigenvalue weighted by Gasteiger charge is -2.34. The van der Waals surface area contributed by atoms with Gasteiger partial charge in [0.05, 0.1) is 73.8 Å². The average Bonchev–Trinajstić information content (AvgIpc) is 3.43. The highest BCUT2D eigenvalue weighted by Crippen LogP contribution is 2.22. The van der Waals surface area contributed by atoms with E-state index in [2.05, 4.69) is 32.6 Å². The van der Waals surface area contributed by atoms with E-state index >= 15 is 0 Å². The zero-order valence-corrected chi connectivity index (χ0v) is 48.4. The quantitative estimate of drug-likeness (QED) is 0.0312. The van der Waals surface area contributed by atoms with Crippen molar-refractivity contribution in [3.8, 4) is 0 Å². The molecule has 4 unspecified atom stereocenters. The van der Waals surface area contributed by atoms with Crippen molar-refractivity contribution in [1.82, 2.24) is 20.4 Å². The van der Waals surface area contributed by atoms with Crippen LogP contribution in [0, 0.1) is 6.92 Å². The highest BCUT2D eigenvalue weighted by molar-refractivity contribution is 7.91. The number of ether oxygens (including phenoxy) is 5. The summed E-state index contributed by atoms with van der Waals surface area (Å²) < 4.78 is 52.3. The van der Waals surface area contributed by atoms with Crippen molar-refractivity contribution >= 4 is 15.5 Å². The maximum Gasteiger partial charge on any atom is 0.206 e. The van der Waals surface area contributed by atoms with Gasteiger partial charge >= 0.3 is 0 Å². The third-order valence-electron chi connectivity index (χ3n) is 12.2. The molecule has 0 aromatic heterocycles. The number of anilines is 1. The molecule has 1 aliphatic heterocycles. The molecule has 3 aromatic rings. The van der Waals surface area contributed by atoms with Crippen LogP contribution in [0.4, 0.5) is 5.69 Å². The number of hydrogen-bond donors (Lipinski definition) is 9. The molecular formula is C57H107N11O7S. The molecule has 1 aliphatic carbocycles. The number of nitrogens with zero attached hydrogens (tertiary/aromatic N) is 2. The molecule has 0 amide bonds. The van der Waals surface area contributed by atoms with Crippen LogP contribution >= 0.6 is 0 Å². The molecule has 0 radical (unpaired) electrons. The second kappa shape index (κ2) is 46.7. The first-order chi connectivity index (χ1) is 36.7. The summed E-state index contributed by atoms with van der Waals surface area (Å²) in [4.78, 5) is 5.57. The standard InChI is InChI=1S/C16H36N2O5.C13H13NO2S.C10H24N4.C9H20N2.C9H14N2/c1-13(9-19-7-5-17)21-11-15(3)23-12-16(4)22-10-14(2)20-8-6-18;1-10-2-6-12(7-3-10)17(15,16)13-8-4-11(14)5-9-13;11-3-1-5-13-7-9-14(10-8-13)6-2-4-12;10-7-4-8-11-9-5-2-1-3-6-9;10-6-7-11-8-9-4-2-1-3-5-9/h13-16H,5-12,17-18H2,1-4H3;2-9H,14H2,1H3;1-12H2;9,11H,1-8,10H2;1-5,11H,6-8,10H2. The highest BCUT2D eigenvalue weighted by atomic mass is 32.2. The Morgan fingerprint density at radius 2 is 1.03 bits per heavy atom. The lowest BCUT2D eigenvalue weighted by molar-refractivity contribution is -0.0914. The Morgan fingerprint density at radius 1 is 0.553 bits per heavy atom. The van der Waals surface area contributed by atoms with E-state index < -0.39 is 9.84 Å². The Hall–Kier alpha value is -3.19. The minimum Gasteiger partial charge on any atom is -0.399 e. The summed E-state index contributed by atoms with van der Waals surface area (Å²) in [5, 5.41) is 6.77. The van der Waals surface area contributed by atoms with Crippen LogP contribution < -0.4 is 50.8 Å². The fourth-order valence-electron chi connectivity index (χ4n) is 7.71. The fourth-order valence-corrected chi connectivity index (χ4v) is 8.97. The third-order valence-corrected chi connectivity index (χ3v) is 14.0. The van der Waals surface area contributed by atoms with Crippen molar-refractivity contribution in [2.75, 3.05) is 137 Å². The largest absolute Gasteiger partial charge is 0.399 e. The monoisotopic (exact) mass is 1090 g/mol. The van der Waals surface area contributed by atoms with Crippen LogP contribution in [-0.4, -0.2) is 180 Å². The molecule has 2 fully saturated rings. The molecule has 16 N–H and O–H groups in total. The predicted octanol–water partition coefficient (Wildman–Crippen LogP) is 4.24. The minimum absolute atomic E-state index is 0.00363. The van der Waals surface area contributed by atoms with Crippen LogP contribution in [0.5, 0.6) is 0 Å². The van der Waals surface area contributed by atoms with Gasteiger partial charge in [-0.1, -0.05) is 67.3 Å². The van der Waals surface area contributed by atoms with Gasteiger partial charge in [0.1, 0.15) is 0 Å². The van der Waals surface area contributed by atoms with Gasteiger partial charge in [-0.25, -0.2) is 8.42 Å². The Bertz CT molecular complexity index is 1780. The first-order valence-corrected chi connectivity index (χ1v) is 29.6. The summed E-state index contributed by atoms with van der Waals surface area (Å²) in [7, 11) is -3.43. The van der Waals surface area contributed by atoms with Crippen LogP contribution in [0.25, 0.3) is 0 Å². The van der Waals surface area contributed by atoms with Gasteiger partial charge in [-0.3, -0.25) is 0 Å². The van der Waals surface area contributed by atoms with Crippen molar-refractivity contribution in [3.05, 3.63) is 90.0 Å². The number of nitrogens with two attached hydrogens (primary N) is 7. The zero-order valence-electron chi connectivity index (χ0n) is 47.6. The summed E-state index contributed by atoms with van der Waals surface area (Å²) in [6.45, 7) is 27.3. The van der Waals surface area contributed by atoms with E-state index in [-0.39, 0.29) is 29.3 Å². The molecule has 438 valence electrons. The SMILES string of the molecule is CC(COCCN)OCC(C)OCC(C)OCC(C)OCCN.Cc1ccc(S(=O)(=O)c2ccc(N)cc2)cc1.NCCCN1CCN(CCCN)CC1.NCCCNC1CCCCC1.NCCNCc1ccccc1. The fraction of sp³-hybridized carbons (Fsp3) is 0.684. The van der Waals surface area contributed by atoms with Crippen molar-refractivity contribution in [3.63, 3.8) is 0 Å². The summed E-state index contributed by atoms with van der Waals surface area (Å²) in [5.41, 5.74) is 40.9. The number of hydrogen-bond acceptors (Lipinski definition) is 18. The number of benzene rings is 3. The van der Waals surface area contributed by atoms with Crippen molar-refractivity contribution in [1.29, 1.82) is 0 Å². The molecule has 1 saturated heterocycles. The lowest BCUT2D eigenvalue weighted by Crippen LogP contribution is -2.47. The second-order valence-corrected chi connectivity index (χ2v) is 21.5. The average molecular weight is 1090 g/mol. The number of piperazine rings is 1. The van der Waals surface area contributed by atoms with Gasteiger partial charge < -0.3 is 84.3 Å². The molecular weight excluding hydrogens is 983 g/mol. The Morgan fingerprint density at radius 3 is 1.50 bits per heavy atom. The molecule has 1 heterocycles. The lowest BCUT2D eigenvalue weighted by atomic mass is 9.95. The van der Waals surface area contributed by atoms with Gasteiger partial charge in [0.25, 0.3) is 0 Å². The van der Waals surface area contributed by atoms with E-state index in [0.717, 1.165) is 70.1 Å². The minimum atomic E-state index is -3.43. The van der Waals surface area contributed by atoms with Crippen LogP contribution in [0.1, 0.15) is 90.2 Å². The summed E-state index contributed by atoms with van der Waals surface area (Å²) in [5.74, 6) is 0. The van der Waals surface area contributed by atoms with Gasteiger partial charge in [0, 0.05) is 70.6 Å². The van der Waals surface area contributed by atoms with Gasteiger partial charge in [-0.05, 0) is 148 Å². The maximum atomic E-state index is 12.2. The van der Waals surface area contributed by atoms with E-state index in [1.54, 1.807) is 36.4 Å². The Labute approximate surface area is 460 Å². The van der Waals surface area contributed by atoms with Crippen molar-refractivity contribution in [2.24, 2.45) is 34.4 Å². The first-order valence-electron chi connectivity index (χ1n) is 28.1. The van der Waals surface area contributed by atoms with Crippen LogP contribution in [0.15, 0.2) is 88.7 Å². The molecule has 3 aromatic carbocycles. The predicted molar refractivity (Wildman–Crippen MR) is 314 cm³/mol. The molecule has 0 bridgehead atoms. The van der Waals surface area contributed by atoms with Crippen molar-refractivity contribution < 1.29 is 32.1 Å². The normalized spacial score (nSPS) is 15.8. The third kappa shape index (κ3) is 36.8. The van der Waals surface area contributed by atoms with Gasteiger partial charge in [-0.15, -0.1) is 0 Å². The Balaban J connectivity index is 0.000000488. The van der Waals surface area contributed by atoms with Crippen LogP contribution in [0.3, 0.4) is 0 Å².